The van der Waals surface area contributed by atoms with Crippen LogP contribution >= 0.6 is 23.1 Å². The van der Waals surface area contributed by atoms with Gasteiger partial charge in [-0.05, 0) is 18.2 Å². The van der Waals surface area contributed by atoms with Gasteiger partial charge in [0.25, 0.3) is 0 Å². The maximum atomic E-state index is 10.9. The number of aromatic nitrogens is 4. The molecule has 1 aromatic carbocycles. The molecule has 2 aromatic heterocycles. The molecular weight excluding hydrogens is 398 g/mol. The zero-order chi connectivity index (χ0) is 20.1. The van der Waals surface area contributed by atoms with Crippen molar-refractivity contribution in [2.45, 2.75) is 23.8 Å². The van der Waals surface area contributed by atoms with Crippen LogP contribution in [0.25, 0.3) is 10.6 Å². The van der Waals surface area contributed by atoms with Gasteiger partial charge in [-0.3, -0.25) is 4.79 Å². The molecule has 10 heteroatoms. The van der Waals surface area contributed by atoms with E-state index in [0.29, 0.717) is 23.7 Å². The van der Waals surface area contributed by atoms with Gasteiger partial charge in [0.1, 0.15) is 10.8 Å². The Bertz CT molecular complexity index is 970. The molecule has 2 heterocycles. The van der Waals surface area contributed by atoms with Crippen molar-refractivity contribution in [2.75, 3.05) is 14.2 Å². The van der Waals surface area contributed by atoms with E-state index in [1.165, 1.54) is 0 Å². The molecule has 0 aliphatic carbocycles. The minimum Gasteiger partial charge on any atom is -0.493 e. The van der Waals surface area contributed by atoms with Crippen molar-refractivity contribution < 1.29 is 14.3 Å². The van der Waals surface area contributed by atoms with E-state index in [2.05, 4.69) is 10.2 Å². The SMILES string of the molecule is COc1ccc(-c2nc(CSc3nnc(CCC(N)=O)n3C)cs2)cc1OC. The topological polar surface area (TPSA) is 105 Å². The summed E-state index contributed by atoms with van der Waals surface area (Å²) in [5.74, 6) is 2.43. The quantitative estimate of drug-likeness (QED) is 0.532. The number of hydrogen-bond acceptors (Lipinski definition) is 8. The van der Waals surface area contributed by atoms with Gasteiger partial charge in [-0.25, -0.2) is 4.98 Å². The lowest BCUT2D eigenvalue weighted by Crippen LogP contribution is -2.12. The van der Waals surface area contributed by atoms with Gasteiger partial charge in [-0.15, -0.1) is 21.5 Å². The highest BCUT2D eigenvalue weighted by atomic mass is 32.2. The summed E-state index contributed by atoms with van der Waals surface area (Å²) >= 11 is 3.13. The molecule has 3 aromatic rings. The molecule has 0 saturated carbocycles. The average Bonchev–Trinajstić information content (AvgIpc) is 3.31. The van der Waals surface area contributed by atoms with Crippen LogP contribution < -0.4 is 15.2 Å². The Hall–Kier alpha value is -2.59. The number of ether oxygens (including phenoxy) is 2. The van der Waals surface area contributed by atoms with Crippen LogP contribution in [0.5, 0.6) is 11.5 Å². The van der Waals surface area contributed by atoms with E-state index in [1.54, 1.807) is 37.3 Å². The van der Waals surface area contributed by atoms with E-state index in [1.807, 2.05) is 35.2 Å². The largest absolute Gasteiger partial charge is 0.493 e. The van der Waals surface area contributed by atoms with Crippen molar-refractivity contribution in [1.29, 1.82) is 0 Å². The van der Waals surface area contributed by atoms with Crippen LogP contribution in [0, 0.1) is 0 Å². The molecule has 0 aliphatic rings. The summed E-state index contributed by atoms with van der Waals surface area (Å²) in [6.07, 6.45) is 0.747. The number of rotatable bonds is 9. The van der Waals surface area contributed by atoms with Gasteiger partial charge in [0.2, 0.25) is 5.91 Å². The molecule has 0 atom stereocenters. The maximum absolute atomic E-state index is 10.9. The highest BCUT2D eigenvalue weighted by Crippen LogP contribution is 2.34. The third kappa shape index (κ3) is 4.63. The number of thioether (sulfide) groups is 1. The summed E-state index contributed by atoms with van der Waals surface area (Å²) in [5.41, 5.74) is 7.13. The van der Waals surface area contributed by atoms with Gasteiger partial charge in [0.05, 0.1) is 19.9 Å². The van der Waals surface area contributed by atoms with Gasteiger partial charge >= 0.3 is 0 Å². The Kier molecular flexibility index (Phi) is 6.53. The monoisotopic (exact) mass is 419 g/mol. The number of hydrogen-bond donors (Lipinski definition) is 1. The molecule has 0 fully saturated rings. The normalized spacial score (nSPS) is 10.8. The maximum Gasteiger partial charge on any atom is 0.217 e. The number of carbonyl (C=O) groups is 1. The Morgan fingerprint density at radius 1 is 1.25 bits per heavy atom. The van der Waals surface area contributed by atoms with E-state index in [0.717, 1.165) is 27.2 Å². The predicted octanol–water partition coefficient (Wildman–Crippen LogP) is 2.67. The average molecular weight is 420 g/mol. The smallest absolute Gasteiger partial charge is 0.217 e. The van der Waals surface area contributed by atoms with Crippen molar-refractivity contribution in [3.8, 4) is 22.1 Å². The van der Waals surface area contributed by atoms with Gasteiger partial charge in [0.15, 0.2) is 16.7 Å². The standard InChI is InChI=1S/C18H21N5O3S2/c1-23-16(7-6-15(19)24)21-22-18(23)28-10-12-9-27-17(20-12)11-4-5-13(25-2)14(8-11)26-3/h4-5,8-9H,6-7,10H2,1-3H3,(H2,19,24). The molecular formula is C18H21N5O3S2. The predicted molar refractivity (Wildman–Crippen MR) is 109 cm³/mol. The second kappa shape index (κ2) is 9.07. The van der Waals surface area contributed by atoms with Crippen molar-refractivity contribution in [1.82, 2.24) is 19.7 Å². The molecule has 0 bridgehead atoms. The minimum absolute atomic E-state index is 0.261. The zero-order valence-corrected chi connectivity index (χ0v) is 17.5. The number of primary amides is 1. The Morgan fingerprint density at radius 3 is 2.75 bits per heavy atom. The molecule has 0 spiro atoms. The number of amides is 1. The summed E-state index contributed by atoms with van der Waals surface area (Å²) in [6.45, 7) is 0. The number of benzene rings is 1. The molecule has 0 aliphatic heterocycles. The van der Waals surface area contributed by atoms with E-state index >= 15 is 0 Å². The Labute approximate surface area is 171 Å². The lowest BCUT2D eigenvalue weighted by Gasteiger charge is -2.08. The molecule has 3 rings (SSSR count). The fraction of sp³-hybridized carbons (Fsp3) is 0.333. The first-order valence-electron chi connectivity index (χ1n) is 8.48. The van der Waals surface area contributed by atoms with Crippen LogP contribution in [0.4, 0.5) is 0 Å². The van der Waals surface area contributed by atoms with Crippen molar-refractivity contribution in [3.63, 3.8) is 0 Å². The summed E-state index contributed by atoms with van der Waals surface area (Å²) in [7, 11) is 5.11. The van der Waals surface area contributed by atoms with Gasteiger partial charge in [0, 0.05) is 36.6 Å². The summed E-state index contributed by atoms with van der Waals surface area (Å²) in [5, 5.41) is 12.0. The van der Waals surface area contributed by atoms with E-state index in [4.69, 9.17) is 20.2 Å². The van der Waals surface area contributed by atoms with Gasteiger partial charge < -0.3 is 19.8 Å². The highest BCUT2D eigenvalue weighted by Gasteiger charge is 2.13. The third-order valence-electron chi connectivity index (χ3n) is 4.05. The summed E-state index contributed by atoms with van der Waals surface area (Å²) < 4.78 is 12.5. The number of methoxy groups -OCH3 is 2. The second-order valence-electron chi connectivity index (χ2n) is 5.93. The zero-order valence-electron chi connectivity index (χ0n) is 15.8. The number of thiazole rings is 1. The molecule has 0 unspecified atom stereocenters. The second-order valence-corrected chi connectivity index (χ2v) is 7.73. The van der Waals surface area contributed by atoms with Gasteiger partial charge in [-0.1, -0.05) is 11.8 Å². The molecule has 0 radical (unpaired) electrons. The Morgan fingerprint density at radius 2 is 2.04 bits per heavy atom. The fourth-order valence-corrected chi connectivity index (χ4v) is 4.28. The van der Waals surface area contributed by atoms with Crippen LogP contribution in [0.2, 0.25) is 0 Å². The van der Waals surface area contributed by atoms with Crippen molar-refractivity contribution >= 4 is 29.0 Å². The number of nitrogens with two attached hydrogens (primary N) is 1. The summed E-state index contributed by atoms with van der Waals surface area (Å²) in [6, 6.07) is 5.75. The van der Waals surface area contributed by atoms with Gasteiger partial charge in [-0.2, -0.15) is 0 Å². The first kappa shape index (κ1) is 20.2. The highest BCUT2D eigenvalue weighted by molar-refractivity contribution is 7.98. The first-order valence-corrected chi connectivity index (χ1v) is 10.3. The van der Waals surface area contributed by atoms with Crippen LogP contribution in [-0.2, 0) is 24.0 Å². The van der Waals surface area contributed by atoms with Crippen molar-refractivity contribution in [2.24, 2.45) is 12.8 Å². The number of carbonyl (C=O) groups excluding carboxylic acids is 1. The first-order chi connectivity index (χ1) is 13.5. The van der Waals surface area contributed by atoms with E-state index in [9.17, 15) is 4.79 Å². The molecule has 2 N–H and O–H groups in total. The lowest BCUT2D eigenvalue weighted by molar-refractivity contribution is -0.118. The number of nitrogens with zero attached hydrogens (tertiary/aromatic N) is 4. The molecule has 28 heavy (non-hydrogen) atoms. The number of aryl methyl sites for hydroxylation is 1. The summed E-state index contributed by atoms with van der Waals surface area (Å²) in [4.78, 5) is 15.6. The molecule has 148 valence electrons. The van der Waals surface area contributed by atoms with Crippen LogP contribution in [0.1, 0.15) is 17.9 Å². The van der Waals surface area contributed by atoms with Crippen molar-refractivity contribution in [3.05, 3.63) is 35.1 Å². The third-order valence-corrected chi connectivity index (χ3v) is 6.05. The van der Waals surface area contributed by atoms with Crippen LogP contribution in [-0.4, -0.2) is 39.9 Å². The fourth-order valence-electron chi connectivity index (χ4n) is 2.54. The van der Waals surface area contributed by atoms with E-state index in [-0.39, 0.29) is 12.3 Å². The van der Waals surface area contributed by atoms with Crippen LogP contribution in [0.15, 0.2) is 28.7 Å². The molecule has 8 nitrogen and oxygen atoms in total. The molecule has 0 saturated heterocycles. The Balaban J connectivity index is 1.66. The lowest BCUT2D eigenvalue weighted by atomic mass is 10.2. The minimum atomic E-state index is -0.345. The van der Waals surface area contributed by atoms with E-state index < -0.39 is 0 Å². The van der Waals surface area contributed by atoms with Crippen LogP contribution in [0.3, 0.4) is 0 Å². The molecule has 1 amide bonds.